The normalized spacial score (nSPS) is 14.1. The number of benzene rings is 1. The van der Waals surface area contributed by atoms with Crippen molar-refractivity contribution in [2.75, 3.05) is 49.1 Å². The average molecular weight is 402 g/mol. The highest BCUT2D eigenvalue weighted by atomic mass is 35.5. The number of carbonyl (C=O) groups is 1. The van der Waals surface area contributed by atoms with Gasteiger partial charge in [-0.3, -0.25) is 0 Å². The lowest BCUT2D eigenvalue weighted by atomic mass is 10.2. The molecule has 0 bridgehead atoms. The maximum atomic E-state index is 12.5. The molecule has 1 aromatic carbocycles. The third kappa shape index (κ3) is 5.07. The summed E-state index contributed by atoms with van der Waals surface area (Å²) in [4.78, 5) is 23.3. The predicted molar refractivity (Wildman–Crippen MR) is 115 cm³/mol. The minimum Gasteiger partial charge on any atom is -0.368 e. The molecule has 0 spiro atoms. The second-order valence-electron chi connectivity index (χ2n) is 6.81. The smallest absolute Gasteiger partial charge is 0.317 e. The van der Waals surface area contributed by atoms with Gasteiger partial charge in [-0.25, -0.2) is 9.78 Å². The lowest BCUT2D eigenvalue weighted by molar-refractivity contribution is 0.194. The van der Waals surface area contributed by atoms with E-state index in [1.165, 1.54) is 0 Å². The molecule has 0 saturated carbocycles. The fourth-order valence-electron chi connectivity index (χ4n) is 3.39. The first kappa shape index (κ1) is 20.3. The van der Waals surface area contributed by atoms with E-state index in [1.54, 1.807) is 0 Å². The molecule has 0 radical (unpaired) electrons. The Balaban J connectivity index is 1.47. The molecule has 1 aromatic heterocycles. The number of pyridine rings is 1. The number of hydrogen-bond donors (Lipinski definition) is 1. The van der Waals surface area contributed by atoms with Crippen molar-refractivity contribution in [2.45, 2.75) is 20.4 Å². The topological polar surface area (TPSA) is 51.7 Å². The van der Waals surface area contributed by atoms with Gasteiger partial charge in [0.15, 0.2) is 0 Å². The lowest BCUT2D eigenvalue weighted by Gasteiger charge is -2.36. The van der Waals surface area contributed by atoms with Crippen LogP contribution in [0.15, 0.2) is 42.6 Å². The van der Waals surface area contributed by atoms with Crippen molar-refractivity contribution in [3.8, 4) is 0 Å². The third-order valence-electron chi connectivity index (χ3n) is 5.08. The maximum Gasteiger partial charge on any atom is 0.317 e. The Kier molecular flexibility index (Phi) is 6.98. The molecular formula is C21H28ClN5O. The minimum atomic E-state index is -0.0291. The van der Waals surface area contributed by atoms with E-state index in [0.717, 1.165) is 48.3 Å². The van der Waals surface area contributed by atoms with Crippen LogP contribution in [0.25, 0.3) is 0 Å². The van der Waals surface area contributed by atoms with Crippen LogP contribution in [0, 0.1) is 0 Å². The molecule has 0 unspecified atom stereocenters. The Bertz CT molecular complexity index is 771. The quantitative estimate of drug-likeness (QED) is 0.803. The molecule has 1 fully saturated rings. The summed E-state index contributed by atoms with van der Waals surface area (Å²) in [5, 5.41) is 3.74. The predicted octanol–water partition coefficient (Wildman–Crippen LogP) is 3.61. The zero-order valence-corrected chi connectivity index (χ0v) is 17.3. The Labute approximate surface area is 172 Å². The van der Waals surface area contributed by atoms with E-state index >= 15 is 0 Å². The molecule has 1 aliphatic rings. The van der Waals surface area contributed by atoms with Crippen LogP contribution >= 0.6 is 11.6 Å². The number of halogens is 1. The zero-order chi connectivity index (χ0) is 19.9. The van der Waals surface area contributed by atoms with Gasteiger partial charge in [0.1, 0.15) is 5.82 Å². The summed E-state index contributed by atoms with van der Waals surface area (Å²) in [6.45, 7) is 9.56. The number of urea groups is 1. The van der Waals surface area contributed by atoms with Gasteiger partial charge in [0.05, 0.1) is 0 Å². The molecule has 0 atom stereocenters. The van der Waals surface area contributed by atoms with E-state index in [9.17, 15) is 4.79 Å². The molecule has 1 aliphatic heterocycles. The van der Waals surface area contributed by atoms with Gasteiger partial charge in [-0.05, 0) is 43.7 Å². The summed E-state index contributed by atoms with van der Waals surface area (Å²) in [7, 11) is 0. The van der Waals surface area contributed by atoms with Gasteiger partial charge in [0, 0.05) is 62.7 Å². The fourth-order valence-corrected chi connectivity index (χ4v) is 3.57. The van der Waals surface area contributed by atoms with E-state index in [0.29, 0.717) is 19.6 Å². The highest BCUT2D eigenvalue weighted by molar-refractivity contribution is 6.30. The highest BCUT2D eigenvalue weighted by Gasteiger charge is 2.21. The largest absolute Gasteiger partial charge is 0.368 e. The molecular weight excluding hydrogens is 374 g/mol. The van der Waals surface area contributed by atoms with Gasteiger partial charge in [0.2, 0.25) is 0 Å². The SMILES string of the molecule is CCN(CC)c1ccc(CNC(=O)N2CCN(c3cccc(Cl)c3)CC2)cn1. The Morgan fingerprint density at radius 2 is 1.89 bits per heavy atom. The minimum absolute atomic E-state index is 0.0291. The average Bonchev–Trinajstić information content (AvgIpc) is 2.74. The Morgan fingerprint density at radius 1 is 1.14 bits per heavy atom. The molecule has 28 heavy (non-hydrogen) atoms. The number of anilines is 2. The van der Waals surface area contributed by atoms with Crippen LogP contribution in [0.2, 0.25) is 5.02 Å². The number of nitrogens with zero attached hydrogens (tertiary/aromatic N) is 4. The number of aromatic nitrogens is 1. The van der Waals surface area contributed by atoms with E-state index in [1.807, 2.05) is 41.4 Å². The molecule has 7 heteroatoms. The van der Waals surface area contributed by atoms with Crippen molar-refractivity contribution in [1.29, 1.82) is 0 Å². The van der Waals surface area contributed by atoms with Gasteiger partial charge in [-0.2, -0.15) is 0 Å². The van der Waals surface area contributed by atoms with Crippen molar-refractivity contribution in [3.05, 3.63) is 53.2 Å². The Morgan fingerprint density at radius 3 is 2.50 bits per heavy atom. The number of rotatable bonds is 6. The Hall–Kier alpha value is -2.47. The van der Waals surface area contributed by atoms with E-state index < -0.39 is 0 Å². The van der Waals surface area contributed by atoms with Crippen LogP contribution < -0.4 is 15.1 Å². The molecule has 0 aliphatic carbocycles. The van der Waals surface area contributed by atoms with Crippen LogP contribution in [-0.4, -0.2) is 55.2 Å². The monoisotopic (exact) mass is 401 g/mol. The molecule has 2 aromatic rings. The summed E-state index contributed by atoms with van der Waals surface area (Å²) in [6, 6.07) is 11.9. The van der Waals surface area contributed by atoms with Crippen molar-refractivity contribution >= 4 is 29.1 Å². The van der Waals surface area contributed by atoms with Crippen LogP contribution in [0.5, 0.6) is 0 Å². The van der Waals surface area contributed by atoms with Gasteiger partial charge in [-0.1, -0.05) is 23.7 Å². The van der Waals surface area contributed by atoms with Crippen molar-refractivity contribution in [3.63, 3.8) is 0 Å². The third-order valence-corrected chi connectivity index (χ3v) is 5.32. The number of amides is 2. The molecule has 2 heterocycles. The first-order chi connectivity index (χ1) is 13.6. The second kappa shape index (κ2) is 9.64. The van der Waals surface area contributed by atoms with Crippen LogP contribution in [-0.2, 0) is 6.54 Å². The standard InChI is InChI=1S/C21H28ClN5O/c1-3-25(4-2)20-9-8-17(15-23-20)16-24-21(28)27-12-10-26(11-13-27)19-7-5-6-18(22)14-19/h5-9,14-15H,3-4,10-13,16H2,1-2H3,(H,24,28). The van der Waals surface area contributed by atoms with E-state index in [-0.39, 0.29) is 6.03 Å². The van der Waals surface area contributed by atoms with Crippen LogP contribution in [0.1, 0.15) is 19.4 Å². The molecule has 1 saturated heterocycles. The van der Waals surface area contributed by atoms with Crippen LogP contribution in [0.3, 0.4) is 0 Å². The van der Waals surface area contributed by atoms with Crippen molar-refractivity contribution < 1.29 is 4.79 Å². The highest BCUT2D eigenvalue weighted by Crippen LogP contribution is 2.20. The summed E-state index contributed by atoms with van der Waals surface area (Å²) in [6.07, 6.45) is 1.84. The van der Waals surface area contributed by atoms with Gasteiger partial charge in [-0.15, -0.1) is 0 Å². The van der Waals surface area contributed by atoms with E-state index in [2.05, 4.69) is 40.0 Å². The summed E-state index contributed by atoms with van der Waals surface area (Å²) in [5.41, 5.74) is 2.11. The molecule has 6 nitrogen and oxygen atoms in total. The molecule has 1 N–H and O–H groups in total. The van der Waals surface area contributed by atoms with Gasteiger partial charge >= 0.3 is 6.03 Å². The number of hydrogen-bond acceptors (Lipinski definition) is 4. The first-order valence-corrected chi connectivity index (χ1v) is 10.2. The molecule has 150 valence electrons. The molecule has 3 rings (SSSR count). The summed E-state index contributed by atoms with van der Waals surface area (Å²) >= 11 is 6.08. The van der Waals surface area contributed by atoms with Crippen LogP contribution in [0.4, 0.5) is 16.3 Å². The van der Waals surface area contributed by atoms with Gasteiger partial charge < -0.3 is 20.0 Å². The zero-order valence-electron chi connectivity index (χ0n) is 16.6. The fraction of sp³-hybridized carbons (Fsp3) is 0.429. The molecule has 2 amide bonds. The number of piperazine rings is 1. The summed E-state index contributed by atoms with van der Waals surface area (Å²) < 4.78 is 0. The summed E-state index contributed by atoms with van der Waals surface area (Å²) in [5.74, 6) is 0.970. The first-order valence-electron chi connectivity index (χ1n) is 9.84. The maximum absolute atomic E-state index is 12.5. The van der Waals surface area contributed by atoms with E-state index in [4.69, 9.17) is 11.6 Å². The van der Waals surface area contributed by atoms with Crippen molar-refractivity contribution in [1.82, 2.24) is 15.2 Å². The second-order valence-corrected chi connectivity index (χ2v) is 7.25. The lowest BCUT2D eigenvalue weighted by Crippen LogP contribution is -2.51. The number of carbonyl (C=O) groups excluding carboxylic acids is 1. The van der Waals surface area contributed by atoms with Crippen molar-refractivity contribution in [2.24, 2.45) is 0 Å². The number of nitrogens with one attached hydrogen (secondary N) is 1. The van der Waals surface area contributed by atoms with Gasteiger partial charge in [0.25, 0.3) is 0 Å².